The van der Waals surface area contributed by atoms with E-state index in [-0.39, 0.29) is 18.5 Å². The summed E-state index contributed by atoms with van der Waals surface area (Å²) in [5.74, 6) is -0.374. The lowest BCUT2D eigenvalue weighted by Crippen LogP contribution is -2.51. The number of urea groups is 1. The van der Waals surface area contributed by atoms with E-state index in [1.165, 1.54) is 11.3 Å². The molecule has 0 saturated carbocycles. The van der Waals surface area contributed by atoms with Gasteiger partial charge in [-0.25, -0.2) is 9.59 Å². The van der Waals surface area contributed by atoms with Crippen molar-refractivity contribution in [1.82, 2.24) is 20.0 Å². The van der Waals surface area contributed by atoms with E-state index in [4.69, 9.17) is 4.74 Å². The third-order valence-corrected chi connectivity index (χ3v) is 7.38. The van der Waals surface area contributed by atoms with Crippen LogP contribution in [0.4, 0.5) is 4.79 Å². The topological polar surface area (TPSA) is 82.2 Å². The van der Waals surface area contributed by atoms with Crippen molar-refractivity contribution in [2.45, 2.75) is 33.2 Å². The molecule has 1 N–H and O–H groups in total. The number of aryl methyl sites for hydroxylation is 1. The van der Waals surface area contributed by atoms with Crippen molar-refractivity contribution in [1.29, 1.82) is 0 Å². The fourth-order valence-corrected chi connectivity index (χ4v) is 5.46. The van der Waals surface area contributed by atoms with Gasteiger partial charge in [-0.2, -0.15) is 11.3 Å². The molecule has 1 saturated heterocycles. The molecule has 0 bridgehead atoms. The van der Waals surface area contributed by atoms with Crippen molar-refractivity contribution in [3.05, 3.63) is 69.1 Å². The summed E-state index contributed by atoms with van der Waals surface area (Å²) < 4.78 is 5.44. The molecule has 192 valence electrons. The van der Waals surface area contributed by atoms with E-state index in [1.807, 2.05) is 59.8 Å². The van der Waals surface area contributed by atoms with Crippen LogP contribution in [0.25, 0.3) is 0 Å². The molecule has 0 aliphatic carbocycles. The van der Waals surface area contributed by atoms with Gasteiger partial charge in [0.25, 0.3) is 5.91 Å². The van der Waals surface area contributed by atoms with Gasteiger partial charge in [-0.1, -0.05) is 17.7 Å². The fourth-order valence-electron chi connectivity index (χ4n) is 4.77. The fraction of sp³-hybridized carbons (Fsp3) is 0.444. The van der Waals surface area contributed by atoms with Crippen LogP contribution in [0.15, 0.2) is 52.4 Å². The van der Waals surface area contributed by atoms with Gasteiger partial charge >= 0.3 is 12.0 Å². The number of rotatable bonds is 7. The average Bonchev–Trinajstić information content (AvgIpc) is 3.31. The smallest absolute Gasteiger partial charge is 0.338 e. The van der Waals surface area contributed by atoms with Crippen molar-refractivity contribution >= 4 is 29.2 Å². The minimum absolute atomic E-state index is 0.0352. The van der Waals surface area contributed by atoms with Crippen LogP contribution in [-0.4, -0.2) is 78.5 Å². The van der Waals surface area contributed by atoms with E-state index in [0.29, 0.717) is 49.6 Å². The second-order valence-corrected chi connectivity index (χ2v) is 9.83. The SMILES string of the molecule is CCOC(=O)C1=C(CN2CCCN(C(=O)c3ccc(C)cc3)CC2)N(CC)C(=O)NC1c1ccsc1. The molecule has 8 nitrogen and oxygen atoms in total. The zero-order chi connectivity index (χ0) is 25.7. The highest BCUT2D eigenvalue weighted by atomic mass is 32.1. The Labute approximate surface area is 216 Å². The second-order valence-electron chi connectivity index (χ2n) is 9.05. The molecule has 2 aromatic rings. The minimum atomic E-state index is -0.549. The number of amides is 3. The lowest BCUT2D eigenvalue weighted by atomic mass is 9.96. The monoisotopic (exact) mass is 510 g/mol. The minimum Gasteiger partial charge on any atom is -0.463 e. The predicted octanol–water partition coefficient (Wildman–Crippen LogP) is 3.81. The Bertz CT molecular complexity index is 1110. The first-order chi connectivity index (χ1) is 17.4. The quantitative estimate of drug-likeness (QED) is 0.573. The number of esters is 1. The Morgan fingerprint density at radius 2 is 1.86 bits per heavy atom. The summed E-state index contributed by atoms with van der Waals surface area (Å²) in [5, 5.41) is 6.88. The number of carbonyl (C=O) groups excluding carboxylic acids is 3. The van der Waals surface area contributed by atoms with Crippen molar-refractivity contribution < 1.29 is 19.1 Å². The van der Waals surface area contributed by atoms with E-state index in [2.05, 4.69) is 10.2 Å². The van der Waals surface area contributed by atoms with Gasteiger partial charge in [0.1, 0.15) is 0 Å². The van der Waals surface area contributed by atoms with Crippen LogP contribution in [0, 0.1) is 6.92 Å². The first kappa shape index (κ1) is 25.9. The zero-order valence-electron chi connectivity index (χ0n) is 21.2. The van der Waals surface area contributed by atoms with E-state index >= 15 is 0 Å². The Hall–Kier alpha value is -3.17. The highest BCUT2D eigenvalue weighted by Gasteiger charge is 2.38. The summed E-state index contributed by atoms with van der Waals surface area (Å²) >= 11 is 1.52. The van der Waals surface area contributed by atoms with Crippen LogP contribution in [0.1, 0.15) is 47.8 Å². The average molecular weight is 511 g/mol. The maximum Gasteiger partial charge on any atom is 0.338 e. The van der Waals surface area contributed by atoms with Gasteiger partial charge in [0.2, 0.25) is 0 Å². The Kier molecular flexibility index (Phi) is 8.43. The summed E-state index contributed by atoms with van der Waals surface area (Å²) in [6.07, 6.45) is 0.811. The van der Waals surface area contributed by atoms with Crippen LogP contribution < -0.4 is 5.32 Å². The highest BCUT2D eigenvalue weighted by Crippen LogP contribution is 2.33. The predicted molar refractivity (Wildman–Crippen MR) is 140 cm³/mol. The number of ether oxygens (including phenoxy) is 1. The van der Waals surface area contributed by atoms with Crippen molar-refractivity contribution in [3.63, 3.8) is 0 Å². The number of carbonyl (C=O) groups is 3. The number of benzene rings is 1. The lowest BCUT2D eigenvalue weighted by Gasteiger charge is -2.37. The Balaban J connectivity index is 1.58. The Morgan fingerprint density at radius 3 is 2.53 bits per heavy atom. The van der Waals surface area contributed by atoms with E-state index < -0.39 is 12.0 Å². The maximum atomic E-state index is 13.2. The van der Waals surface area contributed by atoms with Crippen LogP contribution in [-0.2, 0) is 9.53 Å². The molecule has 1 unspecified atom stereocenters. The molecule has 2 aliphatic rings. The highest BCUT2D eigenvalue weighted by molar-refractivity contribution is 7.08. The Morgan fingerprint density at radius 1 is 1.08 bits per heavy atom. The standard InChI is InChI=1S/C27H34N4O4S/c1-4-31-22(23(26(33)35-5-2)24(28-27(31)34)21-11-16-36-18-21)17-29-12-6-13-30(15-14-29)25(32)20-9-7-19(3)8-10-20/h7-11,16,18,24H,4-6,12-15,17H2,1-3H3,(H,28,34). The number of thiophene rings is 1. The summed E-state index contributed by atoms with van der Waals surface area (Å²) in [4.78, 5) is 45.1. The van der Waals surface area contributed by atoms with Crippen LogP contribution in [0.2, 0.25) is 0 Å². The maximum absolute atomic E-state index is 13.2. The molecule has 1 atom stereocenters. The normalized spacial score (nSPS) is 19.2. The molecule has 2 aliphatic heterocycles. The van der Waals surface area contributed by atoms with Crippen LogP contribution in [0.3, 0.4) is 0 Å². The number of nitrogens with one attached hydrogen (secondary N) is 1. The molecule has 1 aromatic carbocycles. The number of nitrogens with zero attached hydrogens (tertiary/aromatic N) is 3. The summed E-state index contributed by atoms with van der Waals surface area (Å²) in [6, 6.07) is 8.82. The first-order valence-corrected chi connectivity index (χ1v) is 13.5. The van der Waals surface area contributed by atoms with Gasteiger partial charge in [0.05, 0.1) is 18.2 Å². The molecule has 3 amide bonds. The third kappa shape index (κ3) is 5.63. The molecule has 0 spiro atoms. The largest absolute Gasteiger partial charge is 0.463 e. The number of hydrogen-bond donors (Lipinski definition) is 1. The van der Waals surface area contributed by atoms with Crippen LogP contribution in [0.5, 0.6) is 0 Å². The second kappa shape index (κ2) is 11.7. The third-order valence-electron chi connectivity index (χ3n) is 6.67. The van der Waals surface area contributed by atoms with Gasteiger partial charge in [0.15, 0.2) is 0 Å². The zero-order valence-corrected chi connectivity index (χ0v) is 22.0. The van der Waals surface area contributed by atoms with E-state index in [9.17, 15) is 14.4 Å². The molecule has 4 rings (SSSR count). The summed E-state index contributed by atoms with van der Waals surface area (Å²) in [5.41, 5.74) is 3.84. The van der Waals surface area contributed by atoms with E-state index in [1.54, 1.807) is 11.8 Å². The van der Waals surface area contributed by atoms with Gasteiger partial charge in [0, 0.05) is 50.5 Å². The van der Waals surface area contributed by atoms with Gasteiger partial charge in [-0.15, -0.1) is 0 Å². The van der Waals surface area contributed by atoms with Gasteiger partial charge in [-0.3, -0.25) is 14.6 Å². The first-order valence-electron chi connectivity index (χ1n) is 12.5. The molecular formula is C27H34N4O4S. The van der Waals surface area contributed by atoms with Crippen molar-refractivity contribution in [2.24, 2.45) is 0 Å². The molecule has 3 heterocycles. The molecule has 1 fully saturated rings. The molecule has 0 radical (unpaired) electrons. The van der Waals surface area contributed by atoms with Crippen LogP contribution >= 0.6 is 11.3 Å². The summed E-state index contributed by atoms with van der Waals surface area (Å²) in [6.45, 7) is 9.48. The molecule has 36 heavy (non-hydrogen) atoms. The molecule has 9 heteroatoms. The van der Waals surface area contributed by atoms with Gasteiger partial charge < -0.3 is 15.0 Å². The van der Waals surface area contributed by atoms with Crippen molar-refractivity contribution in [2.75, 3.05) is 45.9 Å². The number of likely N-dealkylation sites (N-methyl/N-ethyl adjacent to an activating group) is 1. The summed E-state index contributed by atoms with van der Waals surface area (Å²) in [7, 11) is 0. The van der Waals surface area contributed by atoms with Crippen molar-refractivity contribution in [3.8, 4) is 0 Å². The van der Waals surface area contributed by atoms with Gasteiger partial charge in [-0.05, 0) is 61.7 Å². The van der Waals surface area contributed by atoms with E-state index in [0.717, 1.165) is 24.1 Å². The lowest BCUT2D eigenvalue weighted by molar-refractivity contribution is -0.139. The number of hydrogen-bond acceptors (Lipinski definition) is 6. The molecular weight excluding hydrogens is 476 g/mol. The molecule has 1 aromatic heterocycles.